The summed E-state index contributed by atoms with van der Waals surface area (Å²) in [6, 6.07) is 0. The van der Waals surface area contributed by atoms with Gasteiger partial charge in [-0.05, 0) is 92.3 Å². The molecule has 0 unspecified atom stereocenters. The van der Waals surface area contributed by atoms with Gasteiger partial charge < -0.3 is 9.47 Å². The lowest BCUT2D eigenvalue weighted by molar-refractivity contribution is -0.246. The van der Waals surface area contributed by atoms with Crippen molar-refractivity contribution in [1.82, 2.24) is 0 Å². The van der Waals surface area contributed by atoms with Gasteiger partial charge in [0.25, 0.3) is 0 Å². The van der Waals surface area contributed by atoms with E-state index in [9.17, 15) is 0 Å². The van der Waals surface area contributed by atoms with Crippen LogP contribution in [0, 0.1) is 46.3 Å². The first-order valence-corrected chi connectivity index (χ1v) is 12.8. The molecule has 0 bridgehead atoms. The van der Waals surface area contributed by atoms with E-state index in [2.05, 4.69) is 33.8 Å². The molecular weight excluding hydrogens is 356 g/mol. The summed E-state index contributed by atoms with van der Waals surface area (Å²) in [5.74, 6) is 4.73. The molecule has 29 heavy (non-hydrogen) atoms. The molecule has 0 aromatic rings. The van der Waals surface area contributed by atoms with Gasteiger partial charge in [-0.15, -0.1) is 0 Å². The SMILES string of the molecule is CC1=CC[C@@]2(OC1)O[C@H]1C[C@H]3[C@@H]4CC[C@H]5CCCC[C@]5(C)[C@H]4CC[C@]3(C)[C@H]1[C@@H]2C. The first kappa shape index (κ1) is 19.4. The van der Waals surface area contributed by atoms with Crippen LogP contribution < -0.4 is 0 Å². The van der Waals surface area contributed by atoms with E-state index in [0.29, 0.717) is 28.8 Å². The first-order chi connectivity index (χ1) is 13.9. The zero-order valence-electron chi connectivity index (χ0n) is 19.2. The van der Waals surface area contributed by atoms with E-state index in [0.717, 1.165) is 36.7 Å². The Labute approximate surface area is 178 Å². The van der Waals surface area contributed by atoms with Crippen LogP contribution in [0.1, 0.15) is 91.9 Å². The molecule has 6 aliphatic rings. The molecule has 0 N–H and O–H groups in total. The molecule has 2 heteroatoms. The van der Waals surface area contributed by atoms with Crippen molar-refractivity contribution in [1.29, 1.82) is 0 Å². The molecule has 5 fully saturated rings. The molecule has 6 rings (SSSR count). The average Bonchev–Trinajstić information content (AvgIpc) is 3.15. The van der Waals surface area contributed by atoms with E-state index in [1.807, 2.05) is 0 Å². The number of rotatable bonds is 0. The third-order valence-electron chi connectivity index (χ3n) is 11.5. The van der Waals surface area contributed by atoms with Crippen LogP contribution in [-0.4, -0.2) is 18.5 Å². The van der Waals surface area contributed by atoms with Crippen LogP contribution in [0.5, 0.6) is 0 Å². The minimum absolute atomic E-state index is 0.327. The highest BCUT2D eigenvalue weighted by molar-refractivity contribution is 5.17. The van der Waals surface area contributed by atoms with Crippen molar-refractivity contribution in [2.75, 3.05) is 6.61 Å². The van der Waals surface area contributed by atoms with Gasteiger partial charge in [-0.3, -0.25) is 0 Å². The fraction of sp³-hybridized carbons (Fsp3) is 0.926. The Morgan fingerprint density at radius 2 is 1.83 bits per heavy atom. The lowest BCUT2D eigenvalue weighted by Gasteiger charge is -2.61. The van der Waals surface area contributed by atoms with Gasteiger partial charge in [0.2, 0.25) is 0 Å². The second kappa shape index (κ2) is 6.35. The number of hydrogen-bond donors (Lipinski definition) is 0. The maximum absolute atomic E-state index is 6.88. The molecule has 0 aromatic carbocycles. The van der Waals surface area contributed by atoms with Gasteiger partial charge in [0.15, 0.2) is 5.79 Å². The van der Waals surface area contributed by atoms with Crippen molar-refractivity contribution in [3.05, 3.63) is 11.6 Å². The molecule has 2 aliphatic heterocycles. The number of fused-ring (bicyclic) bond motifs is 7. The van der Waals surface area contributed by atoms with Crippen molar-refractivity contribution < 1.29 is 9.47 Å². The van der Waals surface area contributed by atoms with Gasteiger partial charge in [0.1, 0.15) is 0 Å². The van der Waals surface area contributed by atoms with Crippen molar-refractivity contribution in [2.45, 2.75) is 104 Å². The summed E-state index contributed by atoms with van der Waals surface area (Å²) in [7, 11) is 0. The van der Waals surface area contributed by atoms with Crippen molar-refractivity contribution in [3.8, 4) is 0 Å². The molecule has 162 valence electrons. The van der Waals surface area contributed by atoms with E-state index in [-0.39, 0.29) is 5.79 Å². The second-order valence-electron chi connectivity index (χ2n) is 12.5. The Morgan fingerprint density at radius 1 is 0.966 bits per heavy atom. The van der Waals surface area contributed by atoms with E-state index < -0.39 is 0 Å². The predicted octanol–water partition coefficient (Wildman–Crippen LogP) is 6.74. The zero-order chi connectivity index (χ0) is 20.0. The van der Waals surface area contributed by atoms with Crippen LogP contribution in [-0.2, 0) is 9.47 Å². The van der Waals surface area contributed by atoms with Gasteiger partial charge in [0.05, 0.1) is 12.7 Å². The molecule has 0 radical (unpaired) electrons. The molecule has 10 atom stereocenters. The highest BCUT2D eigenvalue weighted by Crippen LogP contribution is 2.71. The molecule has 0 amide bonds. The predicted molar refractivity (Wildman–Crippen MR) is 116 cm³/mol. The van der Waals surface area contributed by atoms with Crippen LogP contribution in [0.25, 0.3) is 0 Å². The van der Waals surface area contributed by atoms with Crippen LogP contribution in [0.4, 0.5) is 0 Å². The Kier molecular flexibility index (Phi) is 4.23. The Balaban J connectivity index is 1.28. The molecular formula is C27H42O2. The summed E-state index contributed by atoms with van der Waals surface area (Å²) in [6.45, 7) is 10.8. The van der Waals surface area contributed by atoms with E-state index in [1.54, 1.807) is 0 Å². The van der Waals surface area contributed by atoms with Gasteiger partial charge in [-0.2, -0.15) is 0 Å². The normalized spacial score (nSPS) is 58.9. The monoisotopic (exact) mass is 398 g/mol. The largest absolute Gasteiger partial charge is 0.346 e. The van der Waals surface area contributed by atoms with E-state index in [4.69, 9.17) is 9.47 Å². The minimum atomic E-state index is -0.327. The molecule has 2 nitrogen and oxygen atoms in total. The van der Waals surface area contributed by atoms with Crippen molar-refractivity contribution in [3.63, 3.8) is 0 Å². The summed E-state index contributed by atoms with van der Waals surface area (Å²) in [4.78, 5) is 0. The maximum Gasteiger partial charge on any atom is 0.175 e. The zero-order valence-corrected chi connectivity index (χ0v) is 19.2. The number of hydrogen-bond acceptors (Lipinski definition) is 2. The first-order valence-electron chi connectivity index (χ1n) is 12.8. The molecule has 0 aromatic heterocycles. The van der Waals surface area contributed by atoms with Gasteiger partial charge >= 0.3 is 0 Å². The molecule has 1 saturated heterocycles. The van der Waals surface area contributed by atoms with Gasteiger partial charge in [-0.1, -0.05) is 45.3 Å². The van der Waals surface area contributed by atoms with Gasteiger partial charge in [0, 0.05) is 12.3 Å². The van der Waals surface area contributed by atoms with E-state index >= 15 is 0 Å². The fourth-order valence-corrected chi connectivity index (χ4v) is 10.0. The third kappa shape index (κ3) is 2.48. The fourth-order valence-electron chi connectivity index (χ4n) is 10.0. The average molecular weight is 399 g/mol. The third-order valence-corrected chi connectivity index (χ3v) is 11.5. The summed E-state index contributed by atoms with van der Waals surface area (Å²) in [5.41, 5.74) is 2.47. The highest BCUT2D eigenvalue weighted by atomic mass is 16.7. The Morgan fingerprint density at radius 3 is 2.62 bits per heavy atom. The summed E-state index contributed by atoms with van der Waals surface area (Å²) in [5, 5.41) is 0. The molecule has 1 spiro atoms. The van der Waals surface area contributed by atoms with Crippen molar-refractivity contribution >= 4 is 0 Å². The van der Waals surface area contributed by atoms with E-state index in [1.165, 1.54) is 63.4 Å². The number of ether oxygens (including phenoxy) is 2. The standard InChI is InChI=1S/C27H42O2/c1-17-10-14-27(28-16-17)18(2)24-23(29-27)15-22-20-9-8-19-7-5-6-12-25(19,3)21(20)11-13-26(22,24)4/h10,18-24H,5-9,11-16H2,1-4H3/t18-,19+,20+,21-,22-,23-,24-,25-,26-,27+/m0/s1. The van der Waals surface area contributed by atoms with Crippen molar-refractivity contribution in [2.24, 2.45) is 46.3 Å². The quantitative estimate of drug-likeness (QED) is 0.420. The van der Waals surface area contributed by atoms with Crippen LogP contribution >= 0.6 is 0 Å². The van der Waals surface area contributed by atoms with Gasteiger partial charge in [-0.25, -0.2) is 0 Å². The van der Waals surface area contributed by atoms with Crippen LogP contribution in [0.3, 0.4) is 0 Å². The molecule has 4 saturated carbocycles. The lowest BCUT2D eigenvalue weighted by Crippen LogP contribution is -2.54. The highest BCUT2D eigenvalue weighted by Gasteiger charge is 2.68. The van der Waals surface area contributed by atoms with Crippen LogP contribution in [0.2, 0.25) is 0 Å². The Hall–Kier alpha value is -0.340. The topological polar surface area (TPSA) is 18.5 Å². The minimum Gasteiger partial charge on any atom is -0.346 e. The smallest absolute Gasteiger partial charge is 0.175 e. The summed E-state index contributed by atoms with van der Waals surface area (Å²) >= 11 is 0. The lowest BCUT2D eigenvalue weighted by atomic mass is 9.44. The Bertz CT molecular complexity index is 713. The summed E-state index contributed by atoms with van der Waals surface area (Å²) in [6.07, 6.45) is 17.0. The van der Waals surface area contributed by atoms with Crippen LogP contribution in [0.15, 0.2) is 11.6 Å². The molecule has 2 heterocycles. The second-order valence-corrected chi connectivity index (χ2v) is 12.5. The summed E-state index contributed by atoms with van der Waals surface area (Å²) < 4.78 is 13.3. The maximum atomic E-state index is 6.88. The molecule has 4 aliphatic carbocycles.